The molecule has 2 N–H and O–H groups in total. The highest BCUT2D eigenvalue weighted by atomic mass is 32.2. The Labute approximate surface area is 186 Å². The van der Waals surface area contributed by atoms with Crippen LogP contribution in [0.5, 0.6) is 5.75 Å². The molecule has 2 aromatic carbocycles. The molecule has 9 heteroatoms. The van der Waals surface area contributed by atoms with Crippen LogP contribution in [0, 0.1) is 5.92 Å². The van der Waals surface area contributed by atoms with Crippen LogP contribution in [0.25, 0.3) is 0 Å². The molecule has 1 heterocycles. The molecule has 1 saturated heterocycles. The molecular formula is C21H26N2O4S3. The van der Waals surface area contributed by atoms with Gasteiger partial charge in [0.05, 0.1) is 16.6 Å². The summed E-state index contributed by atoms with van der Waals surface area (Å²) < 4.78 is 33.6. The van der Waals surface area contributed by atoms with Gasteiger partial charge >= 0.3 is 0 Å². The lowest BCUT2D eigenvalue weighted by atomic mass is 10.0. The lowest BCUT2D eigenvalue weighted by Gasteiger charge is -2.22. The standard InChI is InChI=1S/C21H26N2O4S3/c1-14(2)19(23-30(25,26)18-9-7-17(27-3)8-10-18)20(24)22-16-6-4-5-15(13-16)21-28-11-12-29-21/h4-10,13-14,19,21,23H,11-12H2,1-3H3,(H,22,24)/t19-/m0/s1. The first-order valence-electron chi connectivity index (χ1n) is 9.60. The zero-order valence-electron chi connectivity index (χ0n) is 17.1. The SMILES string of the molecule is COc1ccc(S(=O)(=O)N[C@H](C(=O)Nc2cccc(C3SCCS3)c2)C(C)C)cc1. The van der Waals surface area contributed by atoms with Crippen molar-refractivity contribution < 1.29 is 17.9 Å². The summed E-state index contributed by atoms with van der Waals surface area (Å²) in [6, 6.07) is 12.9. The van der Waals surface area contributed by atoms with E-state index in [9.17, 15) is 13.2 Å². The summed E-state index contributed by atoms with van der Waals surface area (Å²) in [7, 11) is -2.35. The number of rotatable bonds is 8. The first kappa shape index (κ1) is 23.0. The molecular weight excluding hydrogens is 440 g/mol. The fraction of sp³-hybridized carbons (Fsp3) is 0.381. The second kappa shape index (κ2) is 10.1. The van der Waals surface area contributed by atoms with Crippen LogP contribution >= 0.6 is 23.5 Å². The van der Waals surface area contributed by atoms with Crippen molar-refractivity contribution in [2.75, 3.05) is 23.9 Å². The number of thioether (sulfide) groups is 2. The highest BCUT2D eigenvalue weighted by Crippen LogP contribution is 2.45. The Morgan fingerprint density at radius 1 is 1.10 bits per heavy atom. The topological polar surface area (TPSA) is 84.5 Å². The van der Waals surface area contributed by atoms with E-state index in [1.807, 2.05) is 55.6 Å². The summed E-state index contributed by atoms with van der Waals surface area (Å²) in [5, 5.41) is 2.88. The molecule has 0 saturated carbocycles. The van der Waals surface area contributed by atoms with E-state index in [4.69, 9.17) is 4.74 Å². The number of carbonyl (C=O) groups is 1. The average Bonchev–Trinajstić information content (AvgIpc) is 3.27. The molecule has 1 aliphatic rings. The van der Waals surface area contributed by atoms with Crippen molar-refractivity contribution in [2.24, 2.45) is 5.92 Å². The van der Waals surface area contributed by atoms with Crippen LogP contribution in [-0.4, -0.2) is 39.0 Å². The van der Waals surface area contributed by atoms with E-state index in [2.05, 4.69) is 16.1 Å². The van der Waals surface area contributed by atoms with Crippen molar-refractivity contribution in [1.29, 1.82) is 0 Å². The number of hydrogen-bond donors (Lipinski definition) is 2. The lowest BCUT2D eigenvalue weighted by molar-refractivity contribution is -0.118. The highest BCUT2D eigenvalue weighted by molar-refractivity contribution is 8.19. The largest absolute Gasteiger partial charge is 0.497 e. The molecule has 1 atom stereocenters. The van der Waals surface area contributed by atoms with Crippen molar-refractivity contribution in [1.82, 2.24) is 4.72 Å². The monoisotopic (exact) mass is 466 g/mol. The number of ether oxygens (including phenoxy) is 1. The molecule has 0 radical (unpaired) electrons. The molecule has 1 aliphatic heterocycles. The summed E-state index contributed by atoms with van der Waals surface area (Å²) in [6.45, 7) is 3.62. The number of methoxy groups -OCH3 is 1. The molecule has 162 valence electrons. The van der Waals surface area contributed by atoms with E-state index < -0.39 is 16.1 Å². The molecule has 0 aliphatic carbocycles. The number of anilines is 1. The molecule has 0 aromatic heterocycles. The molecule has 3 rings (SSSR count). The summed E-state index contributed by atoms with van der Waals surface area (Å²) in [5.41, 5.74) is 1.82. The molecule has 2 aromatic rings. The third-order valence-corrected chi connectivity index (χ3v) is 9.21. The Kier molecular flexibility index (Phi) is 7.73. The summed E-state index contributed by atoms with van der Waals surface area (Å²) in [4.78, 5) is 13.0. The van der Waals surface area contributed by atoms with Crippen LogP contribution in [0.15, 0.2) is 53.4 Å². The van der Waals surface area contributed by atoms with E-state index in [0.29, 0.717) is 16.0 Å². The number of nitrogens with one attached hydrogen (secondary N) is 2. The molecule has 0 bridgehead atoms. The van der Waals surface area contributed by atoms with Crippen molar-refractivity contribution in [2.45, 2.75) is 29.4 Å². The quantitative estimate of drug-likeness (QED) is 0.609. The zero-order chi connectivity index (χ0) is 21.7. The van der Waals surface area contributed by atoms with Gasteiger partial charge in [0, 0.05) is 17.2 Å². The molecule has 0 unspecified atom stereocenters. The van der Waals surface area contributed by atoms with E-state index in [1.165, 1.54) is 19.2 Å². The number of amides is 1. The first-order valence-corrected chi connectivity index (χ1v) is 13.2. The van der Waals surface area contributed by atoms with Gasteiger partial charge in [-0.05, 0) is 47.9 Å². The van der Waals surface area contributed by atoms with E-state index in [-0.39, 0.29) is 16.7 Å². The predicted octanol–water partition coefficient (Wildman–Crippen LogP) is 4.12. The smallest absolute Gasteiger partial charge is 0.242 e. The Hall–Kier alpha value is -1.68. The van der Waals surface area contributed by atoms with Gasteiger partial charge in [-0.15, -0.1) is 23.5 Å². The zero-order valence-corrected chi connectivity index (χ0v) is 19.6. The highest BCUT2D eigenvalue weighted by Gasteiger charge is 2.29. The van der Waals surface area contributed by atoms with Crippen LogP contribution in [-0.2, 0) is 14.8 Å². The molecule has 0 spiro atoms. The van der Waals surface area contributed by atoms with Gasteiger partial charge in [-0.1, -0.05) is 26.0 Å². The second-order valence-electron chi connectivity index (χ2n) is 7.21. The Balaban J connectivity index is 1.74. The van der Waals surface area contributed by atoms with Crippen molar-refractivity contribution in [3.8, 4) is 5.75 Å². The predicted molar refractivity (Wildman–Crippen MR) is 125 cm³/mol. The average molecular weight is 467 g/mol. The Morgan fingerprint density at radius 2 is 1.77 bits per heavy atom. The summed E-state index contributed by atoms with van der Waals surface area (Å²) in [5.74, 6) is 2.18. The van der Waals surface area contributed by atoms with Crippen LogP contribution in [0.2, 0.25) is 0 Å². The van der Waals surface area contributed by atoms with Gasteiger partial charge in [0.1, 0.15) is 11.8 Å². The summed E-state index contributed by atoms with van der Waals surface area (Å²) in [6.07, 6.45) is 0. The van der Waals surface area contributed by atoms with Gasteiger partial charge < -0.3 is 10.1 Å². The van der Waals surface area contributed by atoms with Gasteiger partial charge in [0.15, 0.2) is 0 Å². The van der Waals surface area contributed by atoms with E-state index in [1.54, 1.807) is 12.1 Å². The minimum Gasteiger partial charge on any atom is -0.497 e. The van der Waals surface area contributed by atoms with Crippen LogP contribution < -0.4 is 14.8 Å². The van der Waals surface area contributed by atoms with Gasteiger partial charge in [-0.25, -0.2) is 8.42 Å². The Bertz CT molecular complexity index is 972. The fourth-order valence-corrected chi connectivity index (χ4v) is 7.20. The number of hydrogen-bond acceptors (Lipinski definition) is 6. The number of benzene rings is 2. The maximum absolute atomic E-state index is 12.9. The van der Waals surface area contributed by atoms with Crippen molar-refractivity contribution >= 4 is 45.1 Å². The van der Waals surface area contributed by atoms with Crippen LogP contribution in [0.1, 0.15) is 24.0 Å². The number of carbonyl (C=O) groups excluding carboxylic acids is 1. The van der Waals surface area contributed by atoms with Crippen molar-refractivity contribution in [3.05, 3.63) is 54.1 Å². The Morgan fingerprint density at radius 3 is 2.37 bits per heavy atom. The lowest BCUT2D eigenvalue weighted by Crippen LogP contribution is -2.47. The van der Waals surface area contributed by atoms with Gasteiger partial charge in [-0.2, -0.15) is 4.72 Å². The normalized spacial score (nSPS) is 15.9. The number of sulfonamides is 1. The van der Waals surface area contributed by atoms with Gasteiger partial charge in [0.25, 0.3) is 0 Å². The summed E-state index contributed by atoms with van der Waals surface area (Å²) >= 11 is 3.78. The first-order chi connectivity index (χ1) is 14.3. The van der Waals surface area contributed by atoms with Crippen molar-refractivity contribution in [3.63, 3.8) is 0 Å². The third-order valence-electron chi connectivity index (χ3n) is 4.65. The van der Waals surface area contributed by atoms with Crippen LogP contribution in [0.3, 0.4) is 0 Å². The van der Waals surface area contributed by atoms with Gasteiger partial charge in [-0.3, -0.25) is 4.79 Å². The third kappa shape index (κ3) is 5.72. The minimum atomic E-state index is -3.86. The van der Waals surface area contributed by atoms with E-state index >= 15 is 0 Å². The fourth-order valence-electron chi connectivity index (χ4n) is 3.02. The van der Waals surface area contributed by atoms with Crippen LogP contribution in [0.4, 0.5) is 5.69 Å². The molecule has 30 heavy (non-hydrogen) atoms. The molecule has 1 amide bonds. The minimum absolute atomic E-state index is 0.0824. The molecule has 1 fully saturated rings. The maximum Gasteiger partial charge on any atom is 0.242 e. The van der Waals surface area contributed by atoms with Gasteiger partial charge in [0.2, 0.25) is 15.9 Å². The maximum atomic E-state index is 12.9. The second-order valence-corrected chi connectivity index (χ2v) is 11.6. The van der Waals surface area contributed by atoms with E-state index in [0.717, 1.165) is 17.1 Å². The molecule has 6 nitrogen and oxygen atoms in total.